The summed E-state index contributed by atoms with van der Waals surface area (Å²) >= 11 is 0. The molecule has 1 atom stereocenters. The molecule has 0 aliphatic carbocycles. The summed E-state index contributed by atoms with van der Waals surface area (Å²) in [6.45, 7) is 11.2. The van der Waals surface area contributed by atoms with Crippen molar-refractivity contribution in [2.75, 3.05) is 0 Å². The summed E-state index contributed by atoms with van der Waals surface area (Å²) in [7, 11) is 8.88. The number of fused-ring (bicyclic) bond motifs is 2. The second-order valence-corrected chi connectivity index (χ2v) is 9.35. The largest absolute Gasteiger partial charge is 0.327 e. The van der Waals surface area contributed by atoms with Gasteiger partial charge >= 0.3 is 0 Å². The molecule has 0 radical (unpaired) electrons. The van der Waals surface area contributed by atoms with Gasteiger partial charge in [0.25, 0.3) is 0 Å². The fraction of sp³-hybridized carbons (Fsp3) is 0.241. The molecule has 0 aromatic carbocycles. The third-order valence-corrected chi connectivity index (χ3v) is 7.82. The van der Waals surface area contributed by atoms with Gasteiger partial charge in [-0.25, -0.2) is 0 Å². The van der Waals surface area contributed by atoms with E-state index in [2.05, 4.69) is 116 Å². The zero-order valence-electron chi connectivity index (χ0n) is 20.1. The highest BCUT2D eigenvalue weighted by molar-refractivity contribution is 6.23. The Balaban J connectivity index is 1.93. The zero-order chi connectivity index (χ0) is 23.2. The van der Waals surface area contributed by atoms with Crippen LogP contribution in [0.2, 0.25) is 0 Å². The molecule has 6 heterocycles. The second-order valence-electron chi connectivity index (χ2n) is 9.35. The lowest BCUT2D eigenvalue weighted by molar-refractivity contribution is -0.396. The zero-order valence-corrected chi connectivity index (χ0v) is 20.1. The van der Waals surface area contributed by atoms with Crippen molar-refractivity contribution in [1.82, 2.24) is 9.13 Å². The first-order valence-corrected chi connectivity index (χ1v) is 11.7. The molecule has 4 heteroatoms. The molecule has 0 saturated heterocycles. The van der Waals surface area contributed by atoms with Crippen LogP contribution in [-0.4, -0.2) is 29.7 Å². The highest BCUT2D eigenvalue weighted by Gasteiger charge is 2.28. The summed E-state index contributed by atoms with van der Waals surface area (Å²) in [6.07, 6.45) is 9.88. The fourth-order valence-corrected chi connectivity index (χ4v) is 6.05. The van der Waals surface area contributed by atoms with Crippen LogP contribution in [0.3, 0.4) is 0 Å². The third kappa shape index (κ3) is 2.41. The minimum absolute atomic E-state index is 0.0975. The molecule has 166 valence electrons. The lowest BCUT2D eigenvalue weighted by atomic mass is 10.1. The molecule has 0 N–H and O–H groups in total. The Hall–Kier alpha value is -3.66. The number of hydrogen-bond acceptors (Lipinski definition) is 0. The molecule has 6 bridgehead atoms. The van der Waals surface area contributed by atoms with E-state index < -0.39 is 0 Å². The predicted octanol–water partition coefficient (Wildman–Crippen LogP) is 4.21. The minimum atomic E-state index is 0.0975. The standard InChI is InChI=1S/C29H30N4/c1-8-21-28-15-11-24(31(28)7)19(4)26-13-12-25-17(2)22-9-10-23(30(22)6)18(3)27-14-16-29(21)33(27)20(5)32(25)26/h9-16,20H,6-8H2,1-5H3. The summed E-state index contributed by atoms with van der Waals surface area (Å²) < 4.78 is 9.21. The Bertz CT molecular complexity index is 1580. The Morgan fingerprint density at radius 1 is 0.727 bits per heavy atom. The maximum absolute atomic E-state index is 4.46. The van der Waals surface area contributed by atoms with Gasteiger partial charge in [-0.05, 0) is 80.7 Å². The maximum atomic E-state index is 4.46. The number of aromatic nitrogens is 2. The summed E-state index contributed by atoms with van der Waals surface area (Å²) in [4.78, 5) is 0. The van der Waals surface area contributed by atoms with E-state index >= 15 is 0 Å². The molecular formula is C29H30N4. The van der Waals surface area contributed by atoms with E-state index in [4.69, 9.17) is 0 Å². The van der Waals surface area contributed by atoms with Gasteiger partial charge in [-0.1, -0.05) is 31.2 Å². The molecule has 0 spiro atoms. The van der Waals surface area contributed by atoms with Crippen LogP contribution in [0.15, 0.2) is 60.0 Å². The molecule has 6 rings (SSSR count). The Morgan fingerprint density at radius 3 is 1.88 bits per heavy atom. The number of rotatable bonds is 1. The quantitative estimate of drug-likeness (QED) is 0.472. The summed E-state index contributed by atoms with van der Waals surface area (Å²) in [6, 6.07) is 9.08. The molecule has 2 aromatic rings. The Morgan fingerprint density at radius 2 is 1.27 bits per heavy atom. The van der Waals surface area contributed by atoms with Gasteiger partial charge in [-0.15, -0.1) is 0 Å². The summed E-state index contributed by atoms with van der Waals surface area (Å²) in [5.41, 5.74) is 12.1. The van der Waals surface area contributed by atoms with Crippen molar-refractivity contribution in [1.29, 1.82) is 0 Å². The molecule has 0 amide bonds. The molecule has 2 aromatic heterocycles. The first-order valence-electron chi connectivity index (χ1n) is 11.7. The second kappa shape index (κ2) is 6.67. The average molecular weight is 435 g/mol. The first-order chi connectivity index (χ1) is 15.8. The SMILES string of the molecule is [CH2-][N+]1=C2C=CC1=C(C)c1ccc3n1C(C)n1c(ccc1=C(C)C1=[N+]([CH2-])C(=C3CC)C=C1)=C2C. The number of allylic oxidation sites excluding steroid dienone is 6. The first kappa shape index (κ1) is 20.0. The van der Waals surface area contributed by atoms with Crippen LogP contribution in [0.4, 0.5) is 0 Å². The smallest absolute Gasteiger partial charge is 0.109 e. The minimum Gasteiger partial charge on any atom is -0.327 e. The van der Waals surface area contributed by atoms with Gasteiger partial charge < -0.3 is 18.3 Å². The van der Waals surface area contributed by atoms with E-state index in [0.717, 1.165) is 23.5 Å². The highest BCUT2D eigenvalue weighted by Crippen LogP contribution is 2.35. The van der Waals surface area contributed by atoms with Crippen molar-refractivity contribution in [2.45, 2.75) is 47.2 Å². The number of hydrogen-bond donors (Lipinski definition) is 0. The van der Waals surface area contributed by atoms with Crippen LogP contribution in [0.5, 0.6) is 0 Å². The van der Waals surface area contributed by atoms with Crippen molar-refractivity contribution in [3.63, 3.8) is 0 Å². The van der Waals surface area contributed by atoms with Crippen molar-refractivity contribution < 1.29 is 9.15 Å². The molecule has 0 fully saturated rings. The van der Waals surface area contributed by atoms with Crippen molar-refractivity contribution in [3.8, 4) is 0 Å². The van der Waals surface area contributed by atoms with Gasteiger partial charge in [0.15, 0.2) is 0 Å². The lowest BCUT2D eigenvalue weighted by Gasteiger charge is -2.28. The van der Waals surface area contributed by atoms with Crippen LogP contribution >= 0.6 is 0 Å². The average Bonchev–Trinajstić information content (AvgIpc) is 3.57. The van der Waals surface area contributed by atoms with Gasteiger partial charge in [-0.2, -0.15) is 0 Å². The monoisotopic (exact) mass is 434 g/mol. The molecule has 4 aliphatic rings. The molecule has 1 unspecified atom stereocenters. The van der Waals surface area contributed by atoms with Gasteiger partial charge in [0, 0.05) is 36.2 Å². The van der Waals surface area contributed by atoms with Crippen LogP contribution in [0, 0.1) is 14.1 Å². The van der Waals surface area contributed by atoms with E-state index in [-0.39, 0.29) is 6.17 Å². The van der Waals surface area contributed by atoms with E-state index in [9.17, 15) is 0 Å². The molecule has 4 aliphatic heterocycles. The summed E-state index contributed by atoms with van der Waals surface area (Å²) in [5, 5.41) is 2.44. The molecular weight excluding hydrogens is 404 g/mol. The lowest BCUT2D eigenvalue weighted by Crippen LogP contribution is -2.38. The molecule has 33 heavy (non-hydrogen) atoms. The Kier molecular flexibility index (Phi) is 4.04. The van der Waals surface area contributed by atoms with Gasteiger partial charge in [0.1, 0.15) is 29.0 Å². The van der Waals surface area contributed by atoms with Crippen molar-refractivity contribution in [2.24, 2.45) is 0 Å². The van der Waals surface area contributed by atoms with Crippen molar-refractivity contribution in [3.05, 3.63) is 96.1 Å². The van der Waals surface area contributed by atoms with Crippen LogP contribution in [0.1, 0.15) is 58.6 Å². The normalized spacial score (nSPS) is 21.3. The predicted molar refractivity (Wildman–Crippen MR) is 136 cm³/mol. The van der Waals surface area contributed by atoms with Gasteiger partial charge in [-0.3, -0.25) is 0 Å². The van der Waals surface area contributed by atoms with Gasteiger partial charge in [0.2, 0.25) is 0 Å². The topological polar surface area (TPSA) is 15.9 Å². The van der Waals surface area contributed by atoms with E-state index in [0.29, 0.717) is 0 Å². The van der Waals surface area contributed by atoms with Crippen LogP contribution in [0.25, 0.3) is 22.3 Å². The van der Waals surface area contributed by atoms with Crippen LogP contribution in [-0.2, 0) is 0 Å². The van der Waals surface area contributed by atoms with E-state index in [1.807, 2.05) is 0 Å². The van der Waals surface area contributed by atoms with E-state index in [1.165, 1.54) is 50.1 Å². The Labute approximate surface area is 195 Å². The van der Waals surface area contributed by atoms with Crippen LogP contribution < -0.4 is 10.7 Å². The maximum Gasteiger partial charge on any atom is 0.109 e. The third-order valence-electron chi connectivity index (χ3n) is 7.82. The van der Waals surface area contributed by atoms with E-state index in [1.54, 1.807) is 0 Å². The van der Waals surface area contributed by atoms with Crippen molar-refractivity contribution >= 4 is 33.7 Å². The molecule has 0 saturated carbocycles. The highest BCUT2D eigenvalue weighted by atomic mass is 15.2. The van der Waals surface area contributed by atoms with Gasteiger partial charge in [0.05, 0.1) is 0 Å². The number of nitrogens with zero attached hydrogens (tertiary/aromatic N) is 4. The fourth-order valence-electron chi connectivity index (χ4n) is 6.05. The summed E-state index contributed by atoms with van der Waals surface area (Å²) in [5.74, 6) is 0. The molecule has 4 nitrogen and oxygen atoms in total.